The van der Waals surface area contributed by atoms with E-state index in [1.807, 2.05) is 29.8 Å². The number of aromatic nitrogens is 3. The molecule has 7 nitrogen and oxygen atoms in total. The molecule has 1 saturated heterocycles. The molecule has 1 aliphatic rings. The van der Waals surface area contributed by atoms with Gasteiger partial charge in [0, 0.05) is 50.9 Å². The number of methoxy groups -OCH3 is 1. The third-order valence-corrected chi connectivity index (χ3v) is 5.24. The Hall–Kier alpha value is -2.77. The highest BCUT2D eigenvalue weighted by Crippen LogP contribution is 2.34. The van der Waals surface area contributed by atoms with Gasteiger partial charge in [-0.3, -0.25) is 4.79 Å². The largest absolute Gasteiger partial charge is 0.378 e. The first-order valence-electron chi connectivity index (χ1n) is 9.29. The molecule has 1 fully saturated rings. The van der Waals surface area contributed by atoms with Crippen molar-refractivity contribution >= 4 is 22.6 Å². The van der Waals surface area contributed by atoms with Crippen LogP contribution in [0.15, 0.2) is 30.6 Å². The second kappa shape index (κ2) is 7.00. The number of carbonyl (C=O) groups excluding carboxylic acids is 1. The van der Waals surface area contributed by atoms with E-state index in [-0.39, 0.29) is 5.91 Å². The quantitative estimate of drug-likeness (QED) is 0.752. The standard InChI is InChI=1S/C21H24N4O3/c1-13-7-18(21(27-4)5-6-28-12-21)24-20(8-13)25-11-14(2)16-10-22-19(9-17(16)25)23-15(3)26/h7-11H,5-6,12H2,1-4H3,(H,22,23,26)/t21-/m1/s1. The van der Waals surface area contributed by atoms with Crippen LogP contribution in [0.4, 0.5) is 5.82 Å². The molecule has 3 aromatic heterocycles. The second-order valence-corrected chi connectivity index (χ2v) is 7.34. The number of hydrogen-bond acceptors (Lipinski definition) is 5. The average Bonchev–Trinajstić information content (AvgIpc) is 3.26. The molecule has 0 bridgehead atoms. The van der Waals surface area contributed by atoms with Crippen LogP contribution in [0.3, 0.4) is 0 Å². The lowest BCUT2D eigenvalue weighted by atomic mass is 9.97. The first-order valence-corrected chi connectivity index (χ1v) is 9.29. The third-order valence-electron chi connectivity index (χ3n) is 5.24. The number of amides is 1. The van der Waals surface area contributed by atoms with Crippen molar-refractivity contribution in [3.63, 3.8) is 0 Å². The fourth-order valence-electron chi connectivity index (χ4n) is 3.74. The molecule has 4 heterocycles. The minimum absolute atomic E-state index is 0.152. The topological polar surface area (TPSA) is 78.3 Å². The number of anilines is 1. The molecule has 146 valence electrons. The smallest absolute Gasteiger partial charge is 0.222 e. The number of rotatable bonds is 4. The van der Waals surface area contributed by atoms with Crippen LogP contribution in [0, 0.1) is 13.8 Å². The molecular weight excluding hydrogens is 356 g/mol. The highest BCUT2D eigenvalue weighted by atomic mass is 16.5. The zero-order chi connectivity index (χ0) is 19.9. The van der Waals surface area contributed by atoms with E-state index in [9.17, 15) is 4.79 Å². The van der Waals surface area contributed by atoms with E-state index in [4.69, 9.17) is 14.5 Å². The van der Waals surface area contributed by atoms with Crippen molar-refractivity contribution in [2.45, 2.75) is 32.8 Å². The number of pyridine rings is 2. The Kier molecular flexibility index (Phi) is 4.64. The molecule has 0 aromatic carbocycles. The van der Waals surface area contributed by atoms with E-state index in [1.54, 1.807) is 13.3 Å². The Morgan fingerprint density at radius 1 is 1.32 bits per heavy atom. The maximum atomic E-state index is 11.4. The molecule has 0 radical (unpaired) electrons. The van der Waals surface area contributed by atoms with Crippen LogP contribution in [-0.4, -0.2) is 40.8 Å². The van der Waals surface area contributed by atoms with E-state index < -0.39 is 5.60 Å². The number of nitrogens with zero attached hydrogens (tertiary/aromatic N) is 3. The molecule has 1 atom stereocenters. The van der Waals surface area contributed by atoms with Gasteiger partial charge in [-0.2, -0.15) is 0 Å². The summed E-state index contributed by atoms with van der Waals surface area (Å²) in [5.41, 5.74) is 3.49. The maximum Gasteiger partial charge on any atom is 0.222 e. The van der Waals surface area contributed by atoms with Crippen molar-refractivity contribution in [3.8, 4) is 5.82 Å². The van der Waals surface area contributed by atoms with Gasteiger partial charge in [-0.25, -0.2) is 9.97 Å². The van der Waals surface area contributed by atoms with Crippen molar-refractivity contribution in [2.24, 2.45) is 0 Å². The number of carbonyl (C=O) groups is 1. The molecule has 7 heteroatoms. The molecule has 0 spiro atoms. The Morgan fingerprint density at radius 2 is 2.14 bits per heavy atom. The molecule has 28 heavy (non-hydrogen) atoms. The minimum atomic E-state index is -0.512. The van der Waals surface area contributed by atoms with Crippen LogP contribution >= 0.6 is 0 Å². The molecule has 1 N–H and O–H groups in total. The van der Waals surface area contributed by atoms with Crippen LogP contribution in [0.5, 0.6) is 0 Å². The van der Waals surface area contributed by atoms with Gasteiger partial charge >= 0.3 is 0 Å². The molecule has 0 aliphatic carbocycles. The number of ether oxygens (including phenoxy) is 2. The third kappa shape index (κ3) is 3.16. The average molecular weight is 380 g/mol. The predicted molar refractivity (Wildman–Crippen MR) is 107 cm³/mol. The molecular formula is C21H24N4O3. The maximum absolute atomic E-state index is 11.4. The van der Waals surface area contributed by atoms with E-state index in [1.165, 1.54) is 6.92 Å². The van der Waals surface area contributed by atoms with Crippen molar-refractivity contribution in [3.05, 3.63) is 47.4 Å². The minimum Gasteiger partial charge on any atom is -0.378 e. The van der Waals surface area contributed by atoms with Crippen LogP contribution in [0.1, 0.15) is 30.2 Å². The van der Waals surface area contributed by atoms with Gasteiger partial charge in [-0.05, 0) is 37.1 Å². The lowest BCUT2D eigenvalue weighted by molar-refractivity contribution is -0.114. The van der Waals surface area contributed by atoms with E-state index in [2.05, 4.69) is 23.3 Å². The van der Waals surface area contributed by atoms with Gasteiger partial charge < -0.3 is 19.4 Å². The molecule has 3 aromatic rings. The first kappa shape index (κ1) is 18.6. The number of fused-ring (bicyclic) bond motifs is 1. The lowest BCUT2D eigenvalue weighted by Gasteiger charge is -2.26. The van der Waals surface area contributed by atoms with Gasteiger partial charge in [0.1, 0.15) is 17.2 Å². The van der Waals surface area contributed by atoms with Gasteiger partial charge in [0.2, 0.25) is 5.91 Å². The summed E-state index contributed by atoms with van der Waals surface area (Å²) in [6, 6.07) is 5.97. The number of nitrogens with one attached hydrogen (secondary N) is 1. The molecule has 4 rings (SSSR count). The van der Waals surface area contributed by atoms with Crippen LogP contribution in [-0.2, 0) is 19.9 Å². The van der Waals surface area contributed by atoms with Crippen LogP contribution < -0.4 is 5.32 Å². The monoisotopic (exact) mass is 380 g/mol. The van der Waals surface area contributed by atoms with E-state index in [0.717, 1.165) is 40.0 Å². The van der Waals surface area contributed by atoms with Crippen LogP contribution in [0.25, 0.3) is 16.7 Å². The molecule has 0 saturated carbocycles. The normalized spacial score (nSPS) is 19.3. The van der Waals surface area contributed by atoms with Gasteiger partial charge in [-0.15, -0.1) is 0 Å². The summed E-state index contributed by atoms with van der Waals surface area (Å²) in [7, 11) is 1.71. The lowest BCUT2D eigenvalue weighted by Crippen LogP contribution is -2.30. The second-order valence-electron chi connectivity index (χ2n) is 7.34. The summed E-state index contributed by atoms with van der Waals surface area (Å²) < 4.78 is 13.5. The SMILES string of the molecule is CO[C@]1(c2cc(C)cc(-n3cc(C)c4cnc(NC(C)=O)cc43)n2)CCOC1. The Morgan fingerprint density at radius 3 is 2.82 bits per heavy atom. The Bertz CT molecular complexity index is 1050. The van der Waals surface area contributed by atoms with Crippen molar-refractivity contribution < 1.29 is 14.3 Å². The summed E-state index contributed by atoms with van der Waals surface area (Å²) >= 11 is 0. The fourth-order valence-corrected chi connectivity index (χ4v) is 3.74. The first-order chi connectivity index (χ1) is 13.4. The van der Waals surface area contributed by atoms with Gasteiger partial charge in [0.15, 0.2) is 0 Å². The highest BCUT2D eigenvalue weighted by Gasteiger charge is 2.38. The van der Waals surface area contributed by atoms with Crippen LogP contribution in [0.2, 0.25) is 0 Å². The molecule has 1 amide bonds. The fraction of sp³-hybridized carbons (Fsp3) is 0.381. The van der Waals surface area contributed by atoms with Gasteiger partial charge in [0.25, 0.3) is 0 Å². The summed E-state index contributed by atoms with van der Waals surface area (Å²) in [5, 5.41) is 3.77. The van der Waals surface area contributed by atoms with E-state index >= 15 is 0 Å². The van der Waals surface area contributed by atoms with E-state index in [0.29, 0.717) is 19.0 Å². The van der Waals surface area contributed by atoms with Gasteiger partial charge in [0.05, 0.1) is 17.8 Å². The van der Waals surface area contributed by atoms with Crippen molar-refractivity contribution in [1.82, 2.24) is 14.5 Å². The summed E-state index contributed by atoms with van der Waals surface area (Å²) in [5.74, 6) is 1.17. The van der Waals surface area contributed by atoms with Crippen molar-refractivity contribution in [1.29, 1.82) is 0 Å². The van der Waals surface area contributed by atoms with Gasteiger partial charge in [-0.1, -0.05) is 0 Å². The zero-order valence-corrected chi connectivity index (χ0v) is 16.6. The molecule has 1 aliphatic heterocycles. The summed E-state index contributed by atoms with van der Waals surface area (Å²) in [6.45, 7) is 6.73. The summed E-state index contributed by atoms with van der Waals surface area (Å²) in [6.07, 6.45) is 4.60. The zero-order valence-electron chi connectivity index (χ0n) is 16.6. The summed E-state index contributed by atoms with van der Waals surface area (Å²) in [4.78, 5) is 20.7. The number of hydrogen-bond donors (Lipinski definition) is 1. The predicted octanol–water partition coefficient (Wildman–Crippen LogP) is 3.26. The Labute approximate surface area is 163 Å². The molecule has 0 unspecified atom stereocenters. The number of aryl methyl sites for hydroxylation is 2. The Balaban J connectivity index is 1.87. The van der Waals surface area contributed by atoms with Crippen molar-refractivity contribution in [2.75, 3.05) is 25.6 Å². The highest BCUT2D eigenvalue weighted by molar-refractivity contribution is 5.92.